The number of rotatable bonds is 3. The maximum atomic E-state index is 13.3. The summed E-state index contributed by atoms with van der Waals surface area (Å²) >= 11 is 7.86. The first-order valence-corrected chi connectivity index (χ1v) is 10.8. The van der Waals surface area contributed by atoms with Gasteiger partial charge in [-0.1, -0.05) is 36.9 Å². The van der Waals surface area contributed by atoms with Gasteiger partial charge in [0.15, 0.2) is 0 Å². The molecule has 1 saturated carbocycles. The zero-order chi connectivity index (χ0) is 18.8. The van der Waals surface area contributed by atoms with Crippen molar-refractivity contribution in [2.45, 2.75) is 44.6 Å². The number of hydrogen-bond acceptors (Lipinski definition) is 3. The predicted molar refractivity (Wildman–Crippen MR) is 109 cm³/mol. The highest BCUT2D eigenvalue weighted by Crippen LogP contribution is 2.40. The van der Waals surface area contributed by atoms with Gasteiger partial charge in [-0.2, -0.15) is 0 Å². The van der Waals surface area contributed by atoms with Gasteiger partial charge in [-0.3, -0.25) is 9.59 Å². The van der Waals surface area contributed by atoms with Crippen molar-refractivity contribution in [1.82, 2.24) is 4.90 Å². The second kappa shape index (κ2) is 8.03. The number of nitrogens with one attached hydrogen (secondary N) is 1. The Kier molecular flexibility index (Phi) is 5.50. The summed E-state index contributed by atoms with van der Waals surface area (Å²) in [6.45, 7) is 0.0699. The van der Waals surface area contributed by atoms with E-state index in [9.17, 15) is 9.59 Å². The third-order valence-corrected chi connectivity index (χ3v) is 6.69. The van der Waals surface area contributed by atoms with Crippen molar-refractivity contribution < 1.29 is 9.59 Å². The van der Waals surface area contributed by atoms with Gasteiger partial charge in [0.25, 0.3) is 0 Å². The topological polar surface area (TPSA) is 49.4 Å². The SMILES string of the molecule is O=C1CN(C(=O)CC2CCCCC2)C(c2cccs2)c2cc(Cl)ccc2N1. The highest BCUT2D eigenvalue weighted by atomic mass is 35.5. The lowest BCUT2D eigenvalue weighted by Crippen LogP contribution is -2.39. The molecule has 6 heteroatoms. The maximum Gasteiger partial charge on any atom is 0.244 e. The van der Waals surface area contributed by atoms with Crippen LogP contribution in [0.2, 0.25) is 5.02 Å². The van der Waals surface area contributed by atoms with E-state index < -0.39 is 0 Å². The minimum absolute atomic E-state index is 0.0586. The number of hydrogen-bond donors (Lipinski definition) is 1. The fourth-order valence-corrected chi connectivity index (χ4v) is 5.25. The number of halogens is 1. The van der Waals surface area contributed by atoms with Gasteiger partial charge in [0, 0.05) is 27.6 Å². The van der Waals surface area contributed by atoms with Crippen LogP contribution in [0.25, 0.3) is 0 Å². The van der Waals surface area contributed by atoms with Crippen LogP contribution in [0, 0.1) is 5.92 Å². The summed E-state index contributed by atoms with van der Waals surface area (Å²) in [6.07, 6.45) is 6.40. The van der Waals surface area contributed by atoms with Crippen LogP contribution in [0.3, 0.4) is 0 Å². The molecule has 4 rings (SSSR count). The lowest BCUT2D eigenvalue weighted by atomic mass is 9.86. The van der Waals surface area contributed by atoms with Crippen molar-refractivity contribution >= 4 is 40.4 Å². The van der Waals surface area contributed by atoms with E-state index in [1.54, 1.807) is 22.3 Å². The quantitative estimate of drug-likeness (QED) is 0.762. The molecule has 2 amide bonds. The molecule has 0 bridgehead atoms. The molecule has 1 aromatic heterocycles. The summed E-state index contributed by atoms with van der Waals surface area (Å²) < 4.78 is 0. The second-order valence-corrected chi connectivity index (χ2v) is 8.84. The second-order valence-electron chi connectivity index (χ2n) is 7.43. The Labute approximate surface area is 168 Å². The number of nitrogens with zero attached hydrogens (tertiary/aromatic N) is 1. The number of amides is 2. The Morgan fingerprint density at radius 3 is 2.78 bits per heavy atom. The summed E-state index contributed by atoms with van der Waals surface area (Å²) in [5.74, 6) is 0.332. The molecule has 0 radical (unpaired) electrons. The van der Waals surface area contributed by atoms with Crippen LogP contribution in [0.1, 0.15) is 55.0 Å². The average Bonchev–Trinajstić information content (AvgIpc) is 3.13. The molecule has 27 heavy (non-hydrogen) atoms. The third kappa shape index (κ3) is 4.04. The highest BCUT2D eigenvalue weighted by Gasteiger charge is 2.35. The van der Waals surface area contributed by atoms with Crippen LogP contribution in [0.5, 0.6) is 0 Å². The molecule has 142 valence electrons. The zero-order valence-electron chi connectivity index (χ0n) is 15.1. The molecular weight excluding hydrogens is 380 g/mol. The Balaban J connectivity index is 1.71. The van der Waals surface area contributed by atoms with Crippen molar-refractivity contribution in [1.29, 1.82) is 0 Å². The van der Waals surface area contributed by atoms with E-state index >= 15 is 0 Å². The van der Waals surface area contributed by atoms with Crippen LogP contribution in [-0.2, 0) is 9.59 Å². The molecule has 2 heterocycles. The first kappa shape index (κ1) is 18.5. The van der Waals surface area contributed by atoms with Crippen molar-refractivity contribution in [3.63, 3.8) is 0 Å². The number of benzene rings is 1. The van der Waals surface area contributed by atoms with Crippen molar-refractivity contribution in [2.75, 3.05) is 11.9 Å². The summed E-state index contributed by atoms with van der Waals surface area (Å²) in [5, 5.41) is 5.55. The molecule has 1 aromatic carbocycles. The number of carbonyl (C=O) groups is 2. The Hall–Kier alpha value is -1.85. The van der Waals surface area contributed by atoms with E-state index in [4.69, 9.17) is 11.6 Å². The molecule has 1 aliphatic heterocycles. The largest absolute Gasteiger partial charge is 0.324 e. The smallest absolute Gasteiger partial charge is 0.244 e. The van der Waals surface area contributed by atoms with E-state index in [0.717, 1.165) is 29.0 Å². The monoisotopic (exact) mass is 402 g/mol. The van der Waals surface area contributed by atoms with Gasteiger partial charge in [0.05, 0.1) is 6.04 Å². The molecule has 1 fully saturated rings. The number of anilines is 1. The minimum atomic E-state index is -0.284. The van der Waals surface area contributed by atoms with Gasteiger partial charge in [0.2, 0.25) is 11.8 Å². The van der Waals surface area contributed by atoms with Gasteiger partial charge in [-0.25, -0.2) is 0 Å². The molecule has 2 aromatic rings. The fourth-order valence-electron chi connectivity index (χ4n) is 4.22. The highest BCUT2D eigenvalue weighted by molar-refractivity contribution is 7.10. The molecule has 0 spiro atoms. The predicted octanol–water partition coefficient (Wildman–Crippen LogP) is 5.24. The maximum absolute atomic E-state index is 13.3. The minimum Gasteiger partial charge on any atom is -0.324 e. The van der Waals surface area contributed by atoms with Crippen LogP contribution in [0.15, 0.2) is 35.7 Å². The molecule has 1 atom stereocenters. The van der Waals surface area contributed by atoms with E-state index in [1.165, 1.54) is 19.3 Å². The number of fused-ring (bicyclic) bond motifs is 1. The standard InChI is InChI=1S/C21H23ClN2O2S/c22-15-8-9-17-16(12-15)21(18-7-4-10-27-18)24(13-19(25)23-17)20(26)11-14-5-2-1-3-6-14/h4,7-10,12,14,21H,1-3,5-6,11,13H2,(H,23,25). The van der Waals surface area contributed by atoms with Crippen LogP contribution in [-0.4, -0.2) is 23.3 Å². The summed E-state index contributed by atoms with van der Waals surface area (Å²) in [6, 6.07) is 9.18. The molecule has 1 N–H and O–H groups in total. The Morgan fingerprint density at radius 2 is 2.04 bits per heavy atom. The molecule has 1 aliphatic carbocycles. The van der Waals surface area contributed by atoms with Crippen molar-refractivity contribution in [3.8, 4) is 0 Å². The average molecular weight is 403 g/mol. The lowest BCUT2D eigenvalue weighted by molar-refractivity contribution is -0.137. The van der Waals surface area contributed by atoms with Gasteiger partial charge >= 0.3 is 0 Å². The first-order valence-electron chi connectivity index (χ1n) is 9.54. The molecule has 0 saturated heterocycles. The zero-order valence-corrected chi connectivity index (χ0v) is 16.7. The van der Waals surface area contributed by atoms with E-state index in [2.05, 4.69) is 5.32 Å². The van der Waals surface area contributed by atoms with Crippen molar-refractivity contribution in [2.24, 2.45) is 5.92 Å². The van der Waals surface area contributed by atoms with E-state index in [1.807, 2.05) is 29.6 Å². The van der Waals surface area contributed by atoms with Crippen LogP contribution in [0.4, 0.5) is 5.69 Å². The summed E-state index contributed by atoms with van der Waals surface area (Å²) in [5.41, 5.74) is 1.61. The fraction of sp³-hybridized carbons (Fsp3) is 0.429. The Bertz CT molecular complexity index is 831. The van der Waals surface area contributed by atoms with E-state index in [-0.39, 0.29) is 24.4 Å². The summed E-state index contributed by atoms with van der Waals surface area (Å²) in [7, 11) is 0. The van der Waals surface area contributed by atoms with Gasteiger partial charge in [-0.15, -0.1) is 11.3 Å². The van der Waals surface area contributed by atoms with Gasteiger partial charge in [0.1, 0.15) is 6.54 Å². The van der Waals surface area contributed by atoms with Gasteiger partial charge < -0.3 is 10.2 Å². The van der Waals surface area contributed by atoms with Gasteiger partial charge in [-0.05, 0) is 48.4 Å². The van der Waals surface area contributed by atoms with Crippen molar-refractivity contribution in [3.05, 3.63) is 51.2 Å². The first-order chi connectivity index (χ1) is 13.1. The number of carbonyl (C=O) groups excluding carboxylic acids is 2. The molecule has 1 unspecified atom stereocenters. The lowest BCUT2D eigenvalue weighted by Gasteiger charge is -2.31. The number of thiophene rings is 1. The van der Waals surface area contributed by atoms with Crippen LogP contribution < -0.4 is 5.32 Å². The molecular formula is C21H23ClN2O2S. The molecule has 4 nitrogen and oxygen atoms in total. The van der Waals surface area contributed by atoms with Crippen LogP contribution >= 0.6 is 22.9 Å². The Morgan fingerprint density at radius 1 is 1.22 bits per heavy atom. The summed E-state index contributed by atoms with van der Waals surface area (Å²) in [4.78, 5) is 28.6. The molecule has 2 aliphatic rings. The third-order valence-electron chi connectivity index (χ3n) is 5.53. The van der Waals surface area contributed by atoms with E-state index in [0.29, 0.717) is 17.4 Å². The normalized spacial score (nSPS) is 20.7.